The summed E-state index contributed by atoms with van der Waals surface area (Å²) in [6, 6.07) is 3.12. The summed E-state index contributed by atoms with van der Waals surface area (Å²) in [7, 11) is -3.51. The summed E-state index contributed by atoms with van der Waals surface area (Å²) in [5.41, 5.74) is 6.08. The SMILES string of the molecule is NCc1ccc(S(=O)(=O)NCCOC2CCCC2)cn1. The predicted molar refractivity (Wildman–Crippen MR) is 75.5 cm³/mol. The normalized spacial score (nSPS) is 16.6. The van der Waals surface area contributed by atoms with Gasteiger partial charge in [0.2, 0.25) is 10.0 Å². The van der Waals surface area contributed by atoms with Gasteiger partial charge in [0.05, 0.1) is 18.4 Å². The van der Waals surface area contributed by atoms with Gasteiger partial charge in [0.15, 0.2) is 0 Å². The largest absolute Gasteiger partial charge is 0.377 e. The third-order valence-electron chi connectivity index (χ3n) is 3.37. The first kappa shape index (κ1) is 15.4. The number of nitrogens with zero attached hydrogens (tertiary/aromatic N) is 1. The van der Waals surface area contributed by atoms with Gasteiger partial charge in [-0.1, -0.05) is 12.8 Å². The van der Waals surface area contributed by atoms with Crippen LogP contribution in [0.15, 0.2) is 23.2 Å². The standard InChI is InChI=1S/C13H21N3O3S/c14-9-11-5-6-13(10-15-11)20(17,18)16-7-8-19-12-3-1-2-4-12/h5-6,10,12,16H,1-4,7-9,14H2. The van der Waals surface area contributed by atoms with Crippen molar-refractivity contribution in [2.75, 3.05) is 13.2 Å². The van der Waals surface area contributed by atoms with Crippen LogP contribution < -0.4 is 10.5 Å². The minimum atomic E-state index is -3.51. The highest BCUT2D eigenvalue weighted by Gasteiger charge is 2.16. The van der Waals surface area contributed by atoms with E-state index in [1.165, 1.54) is 25.1 Å². The molecule has 1 aliphatic rings. The first-order valence-electron chi connectivity index (χ1n) is 6.88. The Hall–Kier alpha value is -1.02. The average Bonchev–Trinajstić information content (AvgIpc) is 2.97. The van der Waals surface area contributed by atoms with Crippen LogP contribution in [0, 0.1) is 0 Å². The summed E-state index contributed by atoms with van der Waals surface area (Å²) in [5.74, 6) is 0. The lowest BCUT2D eigenvalue weighted by Crippen LogP contribution is -2.28. The molecule has 0 amide bonds. The van der Waals surface area contributed by atoms with Crippen LogP contribution in [0.3, 0.4) is 0 Å². The summed E-state index contributed by atoms with van der Waals surface area (Å²) in [5, 5.41) is 0. The van der Waals surface area contributed by atoms with E-state index in [1.807, 2.05) is 0 Å². The summed E-state index contributed by atoms with van der Waals surface area (Å²) < 4.78 is 32.1. The fraction of sp³-hybridized carbons (Fsp3) is 0.615. The monoisotopic (exact) mass is 299 g/mol. The molecule has 0 unspecified atom stereocenters. The number of nitrogens with two attached hydrogens (primary N) is 1. The zero-order chi connectivity index (χ0) is 14.4. The third-order valence-corrected chi connectivity index (χ3v) is 4.81. The Morgan fingerprint density at radius 3 is 2.70 bits per heavy atom. The van der Waals surface area contributed by atoms with E-state index < -0.39 is 10.0 Å². The van der Waals surface area contributed by atoms with Crippen molar-refractivity contribution in [2.24, 2.45) is 5.73 Å². The Morgan fingerprint density at radius 2 is 2.10 bits per heavy atom. The van der Waals surface area contributed by atoms with Gasteiger partial charge in [-0.3, -0.25) is 4.98 Å². The van der Waals surface area contributed by atoms with Crippen LogP contribution in [-0.2, 0) is 21.3 Å². The van der Waals surface area contributed by atoms with Gasteiger partial charge < -0.3 is 10.5 Å². The van der Waals surface area contributed by atoms with Crippen molar-refractivity contribution >= 4 is 10.0 Å². The number of rotatable bonds is 7. The summed E-state index contributed by atoms with van der Waals surface area (Å²) in [6.07, 6.45) is 6.19. The van der Waals surface area contributed by atoms with Crippen molar-refractivity contribution in [1.82, 2.24) is 9.71 Å². The van der Waals surface area contributed by atoms with Gasteiger partial charge >= 0.3 is 0 Å². The number of sulfonamides is 1. The second kappa shape index (κ2) is 7.12. The molecule has 0 aromatic carbocycles. The van der Waals surface area contributed by atoms with E-state index in [0.29, 0.717) is 24.9 Å². The predicted octanol–water partition coefficient (Wildman–Crippen LogP) is 0.778. The van der Waals surface area contributed by atoms with E-state index in [-0.39, 0.29) is 11.4 Å². The minimum Gasteiger partial charge on any atom is -0.377 e. The summed E-state index contributed by atoms with van der Waals surface area (Å²) in [6.45, 7) is 0.971. The molecule has 20 heavy (non-hydrogen) atoms. The zero-order valence-electron chi connectivity index (χ0n) is 11.4. The molecule has 0 aliphatic heterocycles. The number of ether oxygens (including phenoxy) is 1. The van der Waals surface area contributed by atoms with E-state index in [4.69, 9.17) is 10.5 Å². The molecule has 3 N–H and O–H groups in total. The first-order chi connectivity index (χ1) is 9.62. The summed E-state index contributed by atoms with van der Waals surface area (Å²) in [4.78, 5) is 4.13. The first-order valence-corrected chi connectivity index (χ1v) is 8.36. The van der Waals surface area contributed by atoms with E-state index in [9.17, 15) is 8.42 Å². The number of nitrogens with one attached hydrogen (secondary N) is 1. The lowest BCUT2D eigenvalue weighted by molar-refractivity contribution is 0.0626. The maximum Gasteiger partial charge on any atom is 0.242 e. The van der Waals surface area contributed by atoms with Crippen LogP contribution in [-0.4, -0.2) is 32.7 Å². The van der Waals surface area contributed by atoms with Crippen molar-refractivity contribution in [3.05, 3.63) is 24.0 Å². The number of pyridine rings is 1. The van der Waals surface area contributed by atoms with Crippen LogP contribution in [0.1, 0.15) is 31.4 Å². The minimum absolute atomic E-state index is 0.149. The fourth-order valence-electron chi connectivity index (χ4n) is 2.23. The van der Waals surface area contributed by atoms with Gasteiger partial charge in [0.1, 0.15) is 4.90 Å². The topological polar surface area (TPSA) is 94.3 Å². The van der Waals surface area contributed by atoms with Gasteiger partial charge in [-0.15, -0.1) is 0 Å². The maximum atomic E-state index is 12.0. The molecule has 0 atom stereocenters. The molecule has 1 aromatic rings. The van der Waals surface area contributed by atoms with Crippen LogP contribution in [0.25, 0.3) is 0 Å². The average molecular weight is 299 g/mol. The summed E-state index contributed by atoms with van der Waals surface area (Å²) >= 11 is 0. The van der Waals surface area contributed by atoms with Crippen molar-refractivity contribution in [3.63, 3.8) is 0 Å². The fourth-order valence-corrected chi connectivity index (χ4v) is 3.19. The van der Waals surface area contributed by atoms with Gasteiger partial charge in [0, 0.05) is 19.3 Å². The molecule has 0 saturated heterocycles. The van der Waals surface area contributed by atoms with Crippen LogP contribution >= 0.6 is 0 Å². The zero-order valence-corrected chi connectivity index (χ0v) is 12.2. The smallest absolute Gasteiger partial charge is 0.242 e. The molecule has 1 aliphatic carbocycles. The Bertz CT molecular complexity index is 510. The molecule has 1 heterocycles. The van der Waals surface area contributed by atoms with Crippen LogP contribution in [0.4, 0.5) is 0 Å². The van der Waals surface area contributed by atoms with E-state index in [1.54, 1.807) is 6.07 Å². The molecule has 112 valence electrons. The highest BCUT2D eigenvalue weighted by atomic mass is 32.2. The molecule has 0 spiro atoms. The van der Waals surface area contributed by atoms with Gasteiger partial charge in [-0.05, 0) is 25.0 Å². The van der Waals surface area contributed by atoms with Gasteiger partial charge in [-0.2, -0.15) is 0 Å². The molecule has 7 heteroatoms. The lowest BCUT2D eigenvalue weighted by Gasteiger charge is -2.11. The molecular formula is C13H21N3O3S. The van der Waals surface area contributed by atoms with E-state index in [0.717, 1.165) is 12.8 Å². The number of aromatic nitrogens is 1. The number of hydrogen-bond donors (Lipinski definition) is 2. The highest BCUT2D eigenvalue weighted by Crippen LogP contribution is 2.20. The number of hydrogen-bond acceptors (Lipinski definition) is 5. The third kappa shape index (κ3) is 4.24. The Kier molecular flexibility index (Phi) is 5.47. The molecule has 0 bridgehead atoms. The molecule has 0 radical (unpaired) electrons. The molecule has 6 nitrogen and oxygen atoms in total. The van der Waals surface area contributed by atoms with Crippen LogP contribution in [0.2, 0.25) is 0 Å². The molecule has 1 fully saturated rings. The van der Waals surface area contributed by atoms with Crippen molar-refractivity contribution in [3.8, 4) is 0 Å². The molecular weight excluding hydrogens is 278 g/mol. The van der Waals surface area contributed by atoms with Crippen LogP contribution in [0.5, 0.6) is 0 Å². The lowest BCUT2D eigenvalue weighted by atomic mass is 10.3. The van der Waals surface area contributed by atoms with Gasteiger partial charge in [-0.25, -0.2) is 13.1 Å². The Balaban J connectivity index is 1.80. The van der Waals surface area contributed by atoms with Crippen molar-refractivity contribution in [1.29, 1.82) is 0 Å². The Morgan fingerprint density at radius 1 is 1.35 bits per heavy atom. The molecule has 1 saturated carbocycles. The maximum absolute atomic E-state index is 12.0. The van der Waals surface area contributed by atoms with E-state index >= 15 is 0 Å². The molecule has 1 aromatic heterocycles. The second-order valence-corrected chi connectivity index (χ2v) is 6.63. The quantitative estimate of drug-likeness (QED) is 0.726. The van der Waals surface area contributed by atoms with Gasteiger partial charge in [0.25, 0.3) is 0 Å². The van der Waals surface area contributed by atoms with Crippen molar-refractivity contribution < 1.29 is 13.2 Å². The second-order valence-electron chi connectivity index (χ2n) is 4.86. The Labute approximate surface area is 119 Å². The molecule has 2 rings (SSSR count). The van der Waals surface area contributed by atoms with Crippen molar-refractivity contribution in [2.45, 2.75) is 43.2 Å². The highest BCUT2D eigenvalue weighted by molar-refractivity contribution is 7.89. The van der Waals surface area contributed by atoms with E-state index in [2.05, 4.69) is 9.71 Å².